The summed E-state index contributed by atoms with van der Waals surface area (Å²) in [6.07, 6.45) is -13.0. The van der Waals surface area contributed by atoms with Gasteiger partial charge in [0.25, 0.3) is 29.5 Å². The summed E-state index contributed by atoms with van der Waals surface area (Å²) in [5, 5.41) is 30.4. The molecule has 698 valence electrons. The van der Waals surface area contributed by atoms with E-state index in [1.807, 2.05) is 52.1 Å². The predicted octanol–water partition coefficient (Wildman–Crippen LogP) is 18.6. The van der Waals surface area contributed by atoms with Crippen molar-refractivity contribution in [2.45, 2.75) is 148 Å². The van der Waals surface area contributed by atoms with Gasteiger partial charge in [-0.05, 0) is 227 Å². The van der Waals surface area contributed by atoms with E-state index in [4.69, 9.17) is 0 Å². The molecule has 5 amide bonds. The number of hydrogen-bond donors (Lipinski definition) is 4. The maximum Gasteiger partial charge on any atom is 0.452 e. The number of nitrogens with zero attached hydrogens (tertiary/aromatic N) is 11. The zero-order valence-electron chi connectivity index (χ0n) is 71.4. The lowest BCUT2D eigenvalue weighted by Crippen LogP contribution is -2.47. The van der Waals surface area contributed by atoms with E-state index in [9.17, 15) is 89.8 Å². The van der Waals surface area contributed by atoms with Gasteiger partial charge in [0.05, 0.1) is 48.8 Å². The third-order valence-corrected chi connectivity index (χ3v) is 27.8. The SMILES string of the molecule is CNC[C@@H]1CCCN(C(=O)c2ccc(-c3noc(C(F)(F)F)c3C)s2)C1.CNC[C@H]1CCCN(C(=O)c2ccc(-c3noc(C(F)(F)F)c3C)s2)C1.CN[C@@H]1CCCN(C(=O)c2ccc(-c3noc(C(F)(F)F)c3C)s2)C1.CN[C@H]1CCCN(C(=O)c2ccc(-c3noc(C(F)(F)F)c3C)s2)C1.Cc1c(-c2ccc(C(=O)N3CCCC(N(C)C)C3)s2)noc1C(F)(F)F. The predicted molar refractivity (Wildman–Crippen MR) is 451 cm³/mol. The van der Waals surface area contributed by atoms with E-state index >= 15 is 0 Å². The van der Waals surface area contributed by atoms with Gasteiger partial charge in [-0.15, -0.1) is 56.7 Å². The fourth-order valence-corrected chi connectivity index (χ4v) is 20.7. The number of rotatable bonds is 17. The van der Waals surface area contributed by atoms with Gasteiger partial charge in [0, 0.05) is 111 Å². The van der Waals surface area contributed by atoms with E-state index in [-0.39, 0.29) is 97.9 Å². The molecular formula is C83H96F15N15O10S5. The lowest BCUT2D eigenvalue weighted by Gasteiger charge is -2.35. The van der Waals surface area contributed by atoms with Gasteiger partial charge >= 0.3 is 30.9 Å². The van der Waals surface area contributed by atoms with E-state index in [1.54, 1.807) is 75.4 Å². The monoisotopic (exact) mass is 1910 g/mol. The Balaban J connectivity index is 0.000000155. The van der Waals surface area contributed by atoms with Gasteiger partial charge in [0.15, 0.2) is 0 Å². The van der Waals surface area contributed by atoms with Crippen molar-refractivity contribution in [1.29, 1.82) is 0 Å². The molecule has 0 aromatic carbocycles. The molecule has 45 heteroatoms. The number of piperidine rings is 5. The molecule has 5 saturated heterocycles. The third-order valence-electron chi connectivity index (χ3n) is 22.4. The summed E-state index contributed by atoms with van der Waals surface area (Å²) >= 11 is 5.69. The largest absolute Gasteiger partial charge is 0.452 e. The number of carbonyl (C=O) groups excluding carboxylic acids is 5. The molecule has 10 aromatic rings. The highest BCUT2D eigenvalue weighted by Crippen LogP contribution is 2.45. The van der Waals surface area contributed by atoms with Crippen molar-refractivity contribution in [1.82, 2.24) is 76.4 Å². The van der Waals surface area contributed by atoms with Crippen LogP contribution in [0.1, 0.15) is 169 Å². The average Bonchev–Trinajstić information content (AvgIpc) is 1.66. The molecule has 15 rings (SSSR count). The minimum Gasteiger partial charge on any atom is -0.351 e. The quantitative estimate of drug-likeness (QED) is 0.0616. The molecule has 0 saturated carbocycles. The molecular weight excluding hydrogens is 1810 g/mol. The summed E-state index contributed by atoms with van der Waals surface area (Å²) in [6.45, 7) is 15.1. The van der Waals surface area contributed by atoms with Crippen LogP contribution in [-0.2, 0) is 30.9 Å². The molecule has 5 atom stereocenters. The van der Waals surface area contributed by atoms with Crippen LogP contribution in [0.4, 0.5) is 65.9 Å². The second-order valence-electron chi connectivity index (χ2n) is 31.6. The number of carbonyl (C=O) groups is 5. The molecule has 10 aromatic heterocycles. The van der Waals surface area contributed by atoms with Crippen LogP contribution in [0.15, 0.2) is 83.3 Å². The smallest absolute Gasteiger partial charge is 0.351 e. The number of halogens is 15. The molecule has 0 spiro atoms. The molecule has 128 heavy (non-hydrogen) atoms. The van der Waals surface area contributed by atoms with Crippen LogP contribution in [-0.4, -0.2) is 224 Å². The third kappa shape index (κ3) is 24.1. The molecule has 5 fully saturated rings. The molecule has 1 unspecified atom stereocenters. The summed E-state index contributed by atoms with van der Waals surface area (Å²) in [6, 6.07) is 17.1. The summed E-state index contributed by atoms with van der Waals surface area (Å²) in [5.74, 6) is -5.12. The second kappa shape index (κ2) is 42.3. The van der Waals surface area contributed by atoms with Crippen molar-refractivity contribution in [2.75, 3.05) is 121 Å². The Kier molecular flexibility index (Phi) is 32.8. The van der Waals surface area contributed by atoms with Crippen molar-refractivity contribution >= 4 is 86.2 Å². The van der Waals surface area contributed by atoms with Gasteiger partial charge in [0.1, 0.15) is 28.5 Å². The van der Waals surface area contributed by atoms with Gasteiger partial charge in [-0.3, -0.25) is 24.0 Å². The number of alkyl halides is 15. The van der Waals surface area contributed by atoms with Gasteiger partial charge in [-0.2, -0.15) is 65.9 Å². The van der Waals surface area contributed by atoms with Crippen molar-refractivity contribution in [2.24, 2.45) is 11.8 Å². The van der Waals surface area contributed by atoms with Gasteiger partial charge in [-0.1, -0.05) is 25.8 Å². The minimum atomic E-state index is -4.58. The van der Waals surface area contributed by atoms with Gasteiger partial charge < -0.3 is 73.3 Å². The highest BCUT2D eigenvalue weighted by molar-refractivity contribution is 7.18. The Morgan fingerprint density at radius 3 is 0.773 bits per heavy atom. The molecule has 0 bridgehead atoms. The molecule has 15 heterocycles. The van der Waals surface area contributed by atoms with Crippen molar-refractivity contribution in [3.8, 4) is 52.9 Å². The summed E-state index contributed by atoms with van der Waals surface area (Å²) in [4.78, 5) is 79.5. The van der Waals surface area contributed by atoms with Crippen molar-refractivity contribution in [3.63, 3.8) is 0 Å². The standard InChI is InChI=1S/3C17H20F3N3O2S.2C16H18F3N3O2S/c1-10-14(21-25-15(10)17(18,19)20)12-6-7-13(26-12)16(24)23-8-4-5-11(9-23)22(2)3;2*1-10-14(22-25-15(10)17(18,19)20)12-5-6-13(26-12)16(24)23-7-3-4-11(9-23)8-21-2;2*1-9-13(21-24-14(9)16(17,18)19)11-5-6-12(25-11)15(23)22-7-3-4-10(8-22)20-2/h6-7,11H,4-5,8-9H2,1-3H3;2*5-6,11,21H,3-4,7-9H2,1-2H3;2*5-6,10,20H,3-4,7-8H2,1-2H3/t;2*11-;2*10-/m.1010/s1. The van der Waals surface area contributed by atoms with Crippen LogP contribution in [0, 0.1) is 46.5 Å². The Morgan fingerprint density at radius 1 is 0.344 bits per heavy atom. The summed E-state index contributed by atoms with van der Waals surface area (Å²) in [7, 11) is 11.5. The van der Waals surface area contributed by atoms with E-state index < -0.39 is 59.7 Å². The first-order valence-corrected chi connectivity index (χ1v) is 45.0. The fraction of sp³-hybridized carbons (Fsp3) is 0.518. The average molecular weight is 1910 g/mol. The van der Waals surface area contributed by atoms with Crippen LogP contribution in [0.25, 0.3) is 52.9 Å². The zero-order chi connectivity index (χ0) is 93.2. The maximum atomic E-state index is 12.9. The number of thiophene rings is 5. The normalized spacial score (nSPS) is 18.5. The van der Waals surface area contributed by atoms with E-state index in [1.165, 1.54) is 34.6 Å². The summed E-state index contributed by atoms with van der Waals surface area (Å²) in [5.41, 5.74) is 0.321. The molecule has 0 radical (unpaired) electrons. The Bertz CT molecular complexity index is 5150. The summed E-state index contributed by atoms with van der Waals surface area (Å²) < 4.78 is 215. The number of nitrogens with one attached hydrogen (secondary N) is 4. The number of aromatic nitrogens is 5. The molecule has 0 aliphatic carbocycles. The number of likely N-dealkylation sites (tertiary alicyclic amines) is 5. The van der Waals surface area contributed by atoms with Gasteiger partial charge in [-0.25, -0.2) is 0 Å². The van der Waals surface area contributed by atoms with E-state index in [2.05, 4.69) is 74.6 Å². The van der Waals surface area contributed by atoms with Crippen LogP contribution in [0.2, 0.25) is 0 Å². The first-order chi connectivity index (χ1) is 60.4. The Morgan fingerprint density at radius 2 is 0.562 bits per heavy atom. The Labute approximate surface area is 746 Å². The van der Waals surface area contributed by atoms with Crippen molar-refractivity contribution in [3.05, 3.63) is 142 Å². The molecule has 5 aliphatic heterocycles. The number of hydrogen-bond acceptors (Lipinski definition) is 25. The van der Waals surface area contributed by atoms with Gasteiger partial charge in [0.2, 0.25) is 28.8 Å². The minimum absolute atomic E-state index is 0.0644. The van der Waals surface area contributed by atoms with Crippen LogP contribution >= 0.6 is 56.7 Å². The number of likely N-dealkylation sites (N-methyl/N-ethyl adjacent to an activating group) is 3. The van der Waals surface area contributed by atoms with Crippen LogP contribution in [0.5, 0.6) is 0 Å². The van der Waals surface area contributed by atoms with E-state index in [0.29, 0.717) is 132 Å². The van der Waals surface area contributed by atoms with Crippen molar-refractivity contribution < 1.29 is 112 Å². The maximum absolute atomic E-state index is 12.9. The second-order valence-corrected chi connectivity index (χ2v) is 37.1. The first kappa shape index (κ1) is 99.2. The topological polar surface area (TPSA) is 283 Å². The van der Waals surface area contributed by atoms with Crippen LogP contribution < -0.4 is 21.3 Å². The lowest BCUT2D eigenvalue weighted by atomic mass is 9.98. The molecule has 25 nitrogen and oxygen atoms in total. The van der Waals surface area contributed by atoms with E-state index in [0.717, 1.165) is 134 Å². The lowest BCUT2D eigenvalue weighted by molar-refractivity contribution is -0.156. The highest BCUT2D eigenvalue weighted by Gasteiger charge is 2.45. The molecule has 4 N–H and O–H groups in total. The Hall–Kier alpha value is -9.35. The first-order valence-electron chi connectivity index (χ1n) is 40.9. The van der Waals surface area contributed by atoms with Crippen LogP contribution in [0.3, 0.4) is 0 Å². The fourth-order valence-electron chi connectivity index (χ4n) is 15.6. The highest BCUT2D eigenvalue weighted by atomic mass is 32.1. The zero-order valence-corrected chi connectivity index (χ0v) is 75.5. The molecule has 5 aliphatic rings. The number of amides is 5.